The highest BCUT2D eigenvalue weighted by Gasteiger charge is 2.26. The molecule has 1 unspecified atom stereocenters. The molecule has 0 saturated heterocycles. The quantitative estimate of drug-likeness (QED) is 0.628. The minimum absolute atomic E-state index is 0.311. The van der Waals surface area contributed by atoms with E-state index in [0.29, 0.717) is 12.4 Å². The molecule has 0 aliphatic carbocycles. The summed E-state index contributed by atoms with van der Waals surface area (Å²) in [4.78, 5) is 15.4. The van der Waals surface area contributed by atoms with Gasteiger partial charge in [0.15, 0.2) is 11.9 Å². The lowest BCUT2D eigenvalue weighted by Gasteiger charge is -2.07. The SMILES string of the molecule is CCOC(=O)C1C=Nc2ccnn21. The van der Waals surface area contributed by atoms with Crippen molar-refractivity contribution >= 4 is 18.0 Å². The van der Waals surface area contributed by atoms with Crippen LogP contribution in [0, 0.1) is 0 Å². The Labute approximate surface area is 75.0 Å². The van der Waals surface area contributed by atoms with E-state index < -0.39 is 6.04 Å². The molecule has 0 bridgehead atoms. The summed E-state index contributed by atoms with van der Waals surface area (Å²) in [5, 5.41) is 3.97. The zero-order valence-corrected chi connectivity index (χ0v) is 7.17. The van der Waals surface area contributed by atoms with Crippen molar-refractivity contribution in [3.05, 3.63) is 12.3 Å². The first kappa shape index (κ1) is 7.97. The zero-order valence-electron chi connectivity index (χ0n) is 7.17. The number of hydrogen-bond donors (Lipinski definition) is 0. The Hall–Kier alpha value is -1.65. The molecule has 2 rings (SSSR count). The standard InChI is InChI=1S/C8H9N3O2/c1-2-13-8(12)6-5-9-7-3-4-10-11(6)7/h3-6H,2H2,1H3. The van der Waals surface area contributed by atoms with E-state index in [1.54, 1.807) is 25.4 Å². The molecule has 2 heterocycles. The van der Waals surface area contributed by atoms with Gasteiger partial charge in [-0.05, 0) is 6.92 Å². The number of fused-ring (bicyclic) bond motifs is 1. The van der Waals surface area contributed by atoms with Crippen LogP contribution in [0.2, 0.25) is 0 Å². The Balaban J connectivity index is 2.21. The van der Waals surface area contributed by atoms with E-state index in [1.165, 1.54) is 4.68 Å². The fourth-order valence-corrected chi connectivity index (χ4v) is 1.22. The van der Waals surface area contributed by atoms with Gasteiger partial charge in [0.2, 0.25) is 0 Å². The highest BCUT2D eigenvalue weighted by molar-refractivity contribution is 5.95. The minimum atomic E-state index is -0.482. The molecule has 0 radical (unpaired) electrons. The summed E-state index contributed by atoms with van der Waals surface area (Å²) in [5.41, 5.74) is 0. The van der Waals surface area contributed by atoms with Crippen LogP contribution >= 0.6 is 0 Å². The molecule has 0 saturated carbocycles. The number of carbonyl (C=O) groups is 1. The summed E-state index contributed by atoms with van der Waals surface area (Å²) >= 11 is 0. The van der Waals surface area contributed by atoms with E-state index in [-0.39, 0.29) is 5.97 Å². The molecule has 5 heteroatoms. The van der Waals surface area contributed by atoms with Gasteiger partial charge in [-0.3, -0.25) is 0 Å². The average Bonchev–Trinajstić information content (AvgIpc) is 2.62. The van der Waals surface area contributed by atoms with Crippen molar-refractivity contribution in [2.75, 3.05) is 6.61 Å². The van der Waals surface area contributed by atoms with Crippen molar-refractivity contribution < 1.29 is 9.53 Å². The highest BCUT2D eigenvalue weighted by Crippen LogP contribution is 2.23. The molecule has 0 spiro atoms. The van der Waals surface area contributed by atoms with Gasteiger partial charge in [0, 0.05) is 12.3 Å². The molecule has 68 valence electrons. The van der Waals surface area contributed by atoms with Crippen LogP contribution in [0.3, 0.4) is 0 Å². The van der Waals surface area contributed by atoms with Gasteiger partial charge in [-0.15, -0.1) is 0 Å². The van der Waals surface area contributed by atoms with Gasteiger partial charge in [0.25, 0.3) is 0 Å². The highest BCUT2D eigenvalue weighted by atomic mass is 16.5. The first-order chi connectivity index (χ1) is 6.33. The normalized spacial score (nSPS) is 18.7. The van der Waals surface area contributed by atoms with Gasteiger partial charge in [0.05, 0.1) is 12.8 Å². The van der Waals surface area contributed by atoms with E-state index >= 15 is 0 Å². The summed E-state index contributed by atoms with van der Waals surface area (Å²) < 4.78 is 6.40. The molecule has 13 heavy (non-hydrogen) atoms. The van der Waals surface area contributed by atoms with Crippen molar-refractivity contribution in [1.82, 2.24) is 9.78 Å². The van der Waals surface area contributed by atoms with Crippen LogP contribution in [0.15, 0.2) is 17.3 Å². The van der Waals surface area contributed by atoms with Gasteiger partial charge in [-0.25, -0.2) is 14.5 Å². The van der Waals surface area contributed by atoms with E-state index in [2.05, 4.69) is 10.1 Å². The molecular formula is C8H9N3O2. The molecule has 0 aromatic carbocycles. The molecule has 1 aromatic rings. The van der Waals surface area contributed by atoms with Gasteiger partial charge in [-0.2, -0.15) is 5.10 Å². The molecule has 0 amide bonds. The Morgan fingerprint density at radius 2 is 2.62 bits per heavy atom. The van der Waals surface area contributed by atoms with Crippen molar-refractivity contribution in [2.45, 2.75) is 13.0 Å². The maximum atomic E-state index is 11.3. The third-order valence-electron chi connectivity index (χ3n) is 1.79. The summed E-state index contributed by atoms with van der Waals surface area (Å²) in [6.45, 7) is 2.15. The Kier molecular flexibility index (Phi) is 1.84. The number of aliphatic imine (C=N–C) groups is 1. The van der Waals surface area contributed by atoms with Gasteiger partial charge < -0.3 is 4.74 Å². The van der Waals surface area contributed by atoms with Crippen molar-refractivity contribution in [2.24, 2.45) is 4.99 Å². The predicted molar refractivity (Wildman–Crippen MR) is 46.0 cm³/mol. The molecule has 1 atom stereocenters. The second-order valence-corrected chi connectivity index (χ2v) is 2.61. The van der Waals surface area contributed by atoms with Crippen molar-refractivity contribution in [1.29, 1.82) is 0 Å². The van der Waals surface area contributed by atoms with Crippen LogP contribution in [-0.2, 0) is 9.53 Å². The smallest absolute Gasteiger partial charge is 0.336 e. The number of ether oxygens (including phenoxy) is 1. The fraction of sp³-hybridized carbons (Fsp3) is 0.375. The lowest BCUT2D eigenvalue weighted by atomic mass is 10.3. The van der Waals surface area contributed by atoms with Crippen LogP contribution < -0.4 is 0 Å². The summed E-state index contributed by atoms with van der Waals surface area (Å²) in [6.07, 6.45) is 3.15. The number of nitrogens with zero attached hydrogens (tertiary/aromatic N) is 3. The van der Waals surface area contributed by atoms with Gasteiger partial charge >= 0.3 is 5.97 Å². The Morgan fingerprint density at radius 1 is 1.77 bits per heavy atom. The molecule has 5 nitrogen and oxygen atoms in total. The minimum Gasteiger partial charge on any atom is -0.464 e. The van der Waals surface area contributed by atoms with Crippen molar-refractivity contribution in [3.63, 3.8) is 0 Å². The van der Waals surface area contributed by atoms with Gasteiger partial charge in [0.1, 0.15) is 0 Å². The monoisotopic (exact) mass is 179 g/mol. The largest absolute Gasteiger partial charge is 0.464 e. The van der Waals surface area contributed by atoms with E-state index in [4.69, 9.17) is 4.74 Å². The lowest BCUT2D eigenvalue weighted by molar-refractivity contribution is -0.144. The van der Waals surface area contributed by atoms with Crippen LogP contribution in [-0.4, -0.2) is 28.6 Å². The van der Waals surface area contributed by atoms with E-state index in [1.807, 2.05) is 0 Å². The lowest BCUT2D eigenvalue weighted by Crippen LogP contribution is -2.21. The number of esters is 1. The second-order valence-electron chi connectivity index (χ2n) is 2.61. The predicted octanol–water partition coefficient (Wildman–Crippen LogP) is 0.703. The third kappa shape index (κ3) is 1.22. The van der Waals surface area contributed by atoms with E-state index in [9.17, 15) is 4.79 Å². The first-order valence-electron chi connectivity index (χ1n) is 4.07. The zero-order chi connectivity index (χ0) is 9.26. The molecule has 0 N–H and O–H groups in total. The first-order valence-corrected chi connectivity index (χ1v) is 4.07. The maximum Gasteiger partial charge on any atom is 0.336 e. The Bertz CT molecular complexity index is 356. The van der Waals surface area contributed by atoms with Crippen LogP contribution in [0.4, 0.5) is 5.82 Å². The number of aromatic nitrogens is 2. The van der Waals surface area contributed by atoms with Crippen molar-refractivity contribution in [3.8, 4) is 0 Å². The van der Waals surface area contributed by atoms with Crippen LogP contribution in [0.1, 0.15) is 13.0 Å². The summed E-state index contributed by atoms with van der Waals surface area (Å²) in [7, 11) is 0. The third-order valence-corrected chi connectivity index (χ3v) is 1.79. The average molecular weight is 179 g/mol. The molecule has 1 aliphatic rings. The maximum absolute atomic E-state index is 11.3. The fourth-order valence-electron chi connectivity index (χ4n) is 1.22. The summed E-state index contributed by atoms with van der Waals surface area (Å²) in [6, 6.07) is 1.26. The second kappa shape index (κ2) is 3.01. The topological polar surface area (TPSA) is 56.5 Å². The molecule has 1 aromatic heterocycles. The molecular weight excluding hydrogens is 170 g/mol. The Morgan fingerprint density at radius 3 is 3.38 bits per heavy atom. The van der Waals surface area contributed by atoms with E-state index in [0.717, 1.165) is 0 Å². The summed E-state index contributed by atoms with van der Waals surface area (Å²) in [5.74, 6) is 0.381. The number of hydrogen-bond acceptors (Lipinski definition) is 4. The molecule has 0 fully saturated rings. The van der Waals surface area contributed by atoms with Gasteiger partial charge in [-0.1, -0.05) is 0 Å². The number of rotatable bonds is 2. The van der Waals surface area contributed by atoms with Crippen LogP contribution in [0.5, 0.6) is 0 Å². The van der Waals surface area contributed by atoms with Crippen LogP contribution in [0.25, 0.3) is 0 Å². The molecule has 1 aliphatic heterocycles. The number of carbonyl (C=O) groups excluding carboxylic acids is 1.